The summed E-state index contributed by atoms with van der Waals surface area (Å²) in [5, 5.41) is 3.10. The van der Waals surface area contributed by atoms with E-state index >= 15 is 0 Å². The molecule has 12 heavy (non-hydrogen) atoms. The maximum absolute atomic E-state index is 10.2. The van der Waals surface area contributed by atoms with E-state index in [1.54, 1.807) is 0 Å². The number of rotatable bonds is 7. The number of nitrogens with one attached hydrogen (secondary N) is 1. The lowest BCUT2D eigenvalue weighted by molar-refractivity contribution is -0.122. The number of amides is 1. The number of ether oxygens (including phenoxy) is 1. The molecule has 0 saturated carbocycles. The van der Waals surface area contributed by atoms with Gasteiger partial charge >= 0.3 is 0 Å². The smallest absolute Gasteiger partial charge is 0.243 e. The van der Waals surface area contributed by atoms with Crippen LogP contribution in [0.4, 0.5) is 0 Å². The average molecular weight is 175 g/mol. The molecule has 0 aromatic carbocycles. The Hall–Kier alpha value is -0.650. The first-order valence-corrected chi connectivity index (χ1v) is 3.96. The highest BCUT2D eigenvalue weighted by molar-refractivity contribution is 5.74. The van der Waals surface area contributed by atoms with E-state index in [4.69, 9.17) is 16.2 Å². The molecule has 0 aliphatic rings. The molecule has 0 heterocycles. The Morgan fingerprint density at radius 2 is 2.33 bits per heavy atom. The zero-order valence-corrected chi connectivity index (χ0v) is 7.38. The number of hydrogen-bond acceptors (Lipinski definition) is 4. The molecule has 5 N–H and O–H groups in total. The van der Waals surface area contributed by atoms with E-state index in [1.807, 2.05) is 6.92 Å². The van der Waals surface area contributed by atoms with Crippen LogP contribution < -0.4 is 16.8 Å². The Morgan fingerprint density at radius 3 is 2.83 bits per heavy atom. The summed E-state index contributed by atoms with van der Waals surface area (Å²) in [5.74, 6) is -0.443. The predicted octanol–water partition coefficient (Wildman–Crippen LogP) is -1.57. The molecule has 1 amide bonds. The number of carbonyl (C=O) groups excluding carboxylic acids is 1. The zero-order valence-electron chi connectivity index (χ0n) is 7.38. The van der Waals surface area contributed by atoms with Gasteiger partial charge < -0.3 is 21.5 Å². The van der Waals surface area contributed by atoms with Gasteiger partial charge in [-0.3, -0.25) is 4.79 Å². The Balaban J connectivity index is 3.05. The third-order valence-corrected chi connectivity index (χ3v) is 1.34. The quantitative estimate of drug-likeness (QED) is 0.407. The van der Waals surface area contributed by atoms with Gasteiger partial charge in [-0.1, -0.05) is 0 Å². The number of carbonyl (C=O) groups is 1. The zero-order chi connectivity index (χ0) is 9.40. The highest BCUT2D eigenvalue weighted by Gasteiger charge is 1.97. The summed E-state index contributed by atoms with van der Waals surface area (Å²) >= 11 is 0. The molecule has 72 valence electrons. The Labute approximate surface area is 72.4 Å². The van der Waals surface area contributed by atoms with Crippen LogP contribution in [0.2, 0.25) is 0 Å². The van der Waals surface area contributed by atoms with Crippen LogP contribution in [0.25, 0.3) is 0 Å². The predicted molar refractivity (Wildman–Crippen MR) is 46.5 cm³/mol. The molecule has 5 nitrogen and oxygen atoms in total. The maximum Gasteiger partial charge on any atom is 0.243 e. The van der Waals surface area contributed by atoms with Crippen molar-refractivity contribution in [3.8, 4) is 0 Å². The van der Waals surface area contributed by atoms with Crippen LogP contribution in [-0.2, 0) is 9.53 Å². The van der Waals surface area contributed by atoms with Gasteiger partial charge in [0.05, 0.1) is 6.61 Å². The van der Waals surface area contributed by atoms with Crippen molar-refractivity contribution in [3.63, 3.8) is 0 Å². The summed E-state index contributed by atoms with van der Waals surface area (Å²) in [7, 11) is 0. The van der Waals surface area contributed by atoms with Crippen molar-refractivity contribution in [1.82, 2.24) is 5.32 Å². The second-order valence-electron chi connectivity index (χ2n) is 2.61. The molecule has 0 aromatic rings. The van der Waals surface area contributed by atoms with Gasteiger partial charge in [-0.15, -0.1) is 0 Å². The molecule has 0 aliphatic heterocycles. The van der Waals surface area contributed by atoms with E-state index in [0.717, 1.165) is 0 Å². The minimum Gasteiger partial charge on any atom is -0.370 e. The summed E-state index contributed by atoms with van der Waals surface area (Å²) < 4.78 is 4.91. The molecule has 0 saturated heterocycles. The first-order valence-electron chi connectivity index (χ1n) is 3.96. The number of hydrogen-bond donors (Lipinski definition) is 3. The fourth-order valence-corrected chi connectivity index (χ4v) is 0.634. The van der Waals surface area contributed by atoms with Crippen LogP contribution in [0.5, 0.6) is 0 Å². The molecular formula is C7H17N3O2. The van der Waals surface area contributed by atoms with Gasteiger partial charge in [0, 0.05) is 19.1 Å². The molecule has 1 atom stereocenters. The van der Waals surface area contributed by atoms with E-state index in [1.165, 1.54) is 0 Å². The lowest BCUT2D eigenvalue weighted by Crippen LogP contribution is -2.35. The van der Waals surface area contributed by atoms with E-state index in [-0.39, 0.29) is 12.6 Å². The van der Waals surface area contributed by atoms with Gasteiger partial charge in [0.1, 0.15) is 6.61 Å². The highest BCUT2D eigenvalue weighted by Crippen LogP contribution is 1.76. The molecule has 0 aromatic heterocycles. The minimum atomic E-state index is -0.443. The Morgan fingerprint density at radius 1 is 1.67 bits per heavy atom. The lowest BCUT2D eigenvalue weighted by Gasteiger charge is -2.10. The van der Waals surface area contributed by atoms with Gasteiger partial charge in [-0.05, 0) is 6.92 Å². The monoisotopic (exact) mass is 175 g/mol. The van der Waals surface area contributed by atoms with Gasteiger partial charge in [0.2, 0.25) is 5.91 Å². The average Bonchev–Trinajstić information content (AvgIpc) is 2.03. The molecule has 0 fully saturated rings. The maximum atomic E-state index is 10.2. The third-order valence-electron chi connectivity index (χ3n) is 1.34. The third kappa shape index (κ3) is 7.46. The number of nitrogens with two attached hydrogens (primary N) is 2. The summed E-state index contributed by atoms with van der Waals surface area (Å²) in [6.45, 7) is 3.72. The van der Waals surface area contributed by atoms with Crippen molar-refractivity contribution >= 4 is 5.91 Å². The standard InChI is InChI=1S/C7H17N3O2/c1-6(4-8)10-2-3-12-5-7(9)11/h6,10H,2-5,8H2,1H3,(H2,9,11). The summed E-state index contributed by atoms with van der Waals surface area (Å²) in [6, 6.07) is 0.280. The normalized spacial score (nSPS) is 12.8. The largest absolute Gasteiger partial charge is 0.370 e. The minimum absolute atomic E-state index is 0.0152. The SMILES string of the molecule is CC(CN)NCCOCC(N)=O. The topological polar surface area (TPSA) is 90.4 Å². The van der Waals surface area contributed by atoms with Gasteiger partial charge in [-0.25, -0.2) is 0 Å². The summed E-state index contributed by atoms with van der Waals surface area (Å²) in [5.41, 5.74) is 10.2. The van der Waals surface area contributed by atoms with Crippen LogP contribution in [-0.4, -0.2) is 38.3 Å². The Bertz CT molecular complexity index is 130. The molecule has 1 unspecified atom stereocenters. The van der Waals surface area contributed by atoms with Crippen molar-refractivity contribution in [2.45, 2.75) is 13.0 Å². The molecule has 0 spiro atoms. The van der Waals surface area contributed by atoms with Gasteiger partial charge in [0.25, 0.3) is 0 Å². The molecule has 0 rings (SSSR count). The van der Waals surface area contributed by atoms with Crippen molar-refractivity contribution in [2.75, 3.05) is 26.3 Å². The van der Waals surface area contributed by atoms with Crippen molar-refractivity contribution in [3.05, 3.63) is 0 Å². The van der Waals surface area contributed by atoms with Crippen LogP contribution in [0.3, 0.4) is 0 Å². The lowest BCUT2D eigenvalue weighted by atomic mass is 10.3. The second kappa shape index (κ2) is 7.02. The van der Waals surface area contributed by atoms with Crippen molar-refractivity contribution in [2.24, 2.45) is 11.5 Å². The highest BCUT2D eigenvalue weighted by atomic mass is 16.5. The van der Waals surface area contributed by atoms with Crippen LogP contribution >= 0.6 is 0 Å². The molecule has 0 aliphatic carbocycles. The van der Waals surface area contributed by atoms with Crippen molar-refractivity contribution < 1.29 is 9.53 Å². The Kier molecular flexibility index (Phi) is 6.64. The van der Waals surface area contributed by atoms with E-state index in [9.17, 15) is 4.79 Å². The second-order valence-corrected chi connectivity index (χ2v) is 2.61. The number of primary amides is 1. The van der Waals surface area contributed by atoms with Crippen molar-refractivity contribution in [1.29, 1.82) is 0 Å². The van der Waals surface area contributed by atoms with Gasteiger partial charge in [-0.2, -0.15) is 0 Å². The van der Waals surface area contributed by atoms with E-state index < -0.39 is 5.91 Å². The summed E-state index contributed by atoms with van der Waals surface area (Å²) in [4.78, 5) is 10.2. The van der Waals surface area contributed by atoms with Crippen LogP contribution in [0.15, 0.2) is 0 Å². The molecule has 0 radical (unpaired) electrons. The first kappa shape index (κ1) is 11.4. The molecule has 0 bridgehead atoms. The summed E-state index contributed by atoms with van der Waals surface area (Å²) in [6.07, 6.45) is 0. The van der Waals surface area contributed by atoms with Crippen LogP contribution in [0, 0.1) is 0 Å². The van der Waals surface area contributed by atoms with E-state index in [2.05, 4.69) is 5.32 Å². The first-order chi connectivity index (χ1) is 5.66. The van der Waals surface area contributed by atoms with E-state index in [0.29, 0.717) is 19.7 Å². The fourth-order valence-electron chi connectivity index (χ4n) is 0.634. The molecular weight excluding hydrogens is 158 g/mol. The van der Waals surface area contributed by atoms with Crippen LogP contribution in [0.1, 0.15) is 6.92 Å². The molecule has 5 heteroatoms. The fraction of sp³-hybridized carbons (Fsp3) is 0.857. The van der Waals surface area contributed by atoms with Gasteiger partial charge in [0.15, 0.2) is 0 Å².